The van der Waals surface area contributed by atoms with Gasteiger partial charge in [-0.25, -0.2) is 0 Å². The van der Waals surface area contributed by atoms with Crippen LogP contribution in [0.1, 0.15) is 51.2 Å². The average Bonchev–Trinajstić information content (AvgIpc) is 3.78. The number of amides is 3. The van der Waals surface area contributed by atoms with Crippen molar-refractivity contribution in [3.8, 4) is 0 Å². The van der Waals surface area contributed by atoms with Gasteiger partial charge in [-0.15, -0.1) is 13.2 Å². The van der Waals surface area contributed by atoms with Crippen LogP contribution in [-0.4, -0.2) is 144 Å². The first kappa shape index (κ1) is 42.0. The fourth-order valence-electron chi connectivity index (χ4n) is 8.62. The second-order valence-corrected chi connectivity index (χ2v) is 16.0. The van der Waals surface area contributed by atoms with Gasteiger partial charge in [-0.1, -0.05) is 78.7 Å². The van der Waals surface area contributed by atoms with E-state index in [0.717, 1.165) is 13.1 Å². The SMILES string of the molecule is C=CCCC(=O)N[C@@H](COC)[C@@H](OC(=O)[C@H]1[C@@H]2O[C@@]3(CC2Br)[C@@H]1C(=O)N([C@@H](CO)[C@@H](C)CC)[C@@H]3C(=O)N(CC=C)CCN1CCOCC1)c1ccccc1. The number of likely N-dealkylation sites (tertiary alicyclic amines) is 1. The van der Waals surface area contributed by atoms with Crippen LogP contribution >= 0.6 is 15.9 Å². The minimum atomic E-state index is -1.36. The lowest BCUT2D eigenvalue weighted by atomic mass is 9.70. The summed E-state index contributed by atoms with van der Waals surface area (Å²) in [6, 6.07) is 6.55. The Kier molecular flexibility index (Phi) is 14.9. The lowest BCUT2D eigenvalue weighted by Crippen LogP contribution is -2.60. The van der Waals surface area contributed by atoms with Gasteiger partial charge in [-0.05, 0) is 24.3 Å². The topological polar surface area (TPSA) is 147 Å². The predicted molar refractivity (Wildman–Crippen MR) is 205 cm³/mol. The van der Waals surface area contributed by atoms with Crippen molar-refractivity contribution in [1.29, 1.82) is 0 Å². The number of alkyl halides is 1. The largest absolute Gasteiger partial charge is 0.455 e. The summed E-state index contributed by atoms with van der Waals surface area (Å²) in [6.45, 7) is 15.2. The van der Waals surface area contributed by atoms with Gasteiger partial charge in [0.2, 0.25) is 17.7 Å². The van der Waals surface area contributed by atoms with Crippen molar-refractivity contribution in [3.05, 3.63) is 61.2 Å². The molecule has 1 unspecified atom stereocenters. The van der Waals surface area contributed by atoms with E-state index in [1.807, 2.05) is 44.2 Å². The van der Waals surface area contributed by atoms with Crippen LogP contribution in [0, 0.1) is 17.8 Å². The number of rotatable bonds is 20. The summed E-state index contributed by atoms with van der Waals surface area (Å²) < 4.78 is 24.2. The second kappa shape index (κ2) is 19.1. The Hall–Kier alpha value is -3.14. The molecule has 298 valence electrons. The molecule has 4 heterocycles. The molecular formula is C40H57BrN4O9. The molecule has 4 fully saturated rings. The number of methoxy groups -OCH3 is 1. The molecule has 4 aliphatic heterocycles. The van der Waals surface area contributed by atoms with Gasteiger partial charge in [0.15, 0.2) is 0 Å². The Bertz CT molecular complexity index is 1480. The molecule has 2 N–H and O–H groups in total. The maximum Gasteiger partial charge on any atom is 0.313 e. The lowest BCUT2D eigenvalue weighted by molar-refractivity contribution is -0.163. The molecule has 13 nitrogen and oxygen atoms in total. The predicted octanol–water partition coefficient (Wildman–Crippen LogP) is 2.87. The Morgan fingerprint density at radius 3 is 2.54 bits per heavy atom. The number of nitrogens with one attached hydrogen (secondary N) is 1. The molecule has 3 amide bonds. The van der Waals surface area contributed by atoms with Crippen LogP contribution in [0.15, 0.2) is 55.6 Å². The number of ether oxygens (including phenoxy) is 4. The van der Waals surface area contributed by atoms with Crippen LogP contribution in [0.2, 0.25) is 0 Å². The number of esters is 1. The molecule has 1 aromatic rings. The van der Waals surface area contributed by atoms with E-state index in [-0.39, 0.29) is 48.7 Å². The standard InChI is InChI=1S/C40H57BrN4O9/c1-6-9-15-31(47)42-29(25-51-5)34(27-13-11-10-12-14-27)53-39(50)32-33-37(48)45(30(24-46)26(4)8-3)36(40(33)23-28(41)35(32)54-40)38(49)44(16-7-2)18-17-43-19-21-52-22-20-43/h6-7,10-14,26,28-30,32-36,46H,1-2,8-9,15-25H2,3-5H3,(H,42,47)/t26-,28?,29-,30-,32+,33-,34-,35+,36+,40-/m0/s1. The number of fused-ring (bicyclic) bond motifs is 1. The van der Waals surface area contributed by atoms with Crippen LogP contribution in [0.25, 0.3) is 0 Å². The first-order chi connectivity index (χ1) is 26.1. The highest BCUT2D eigenvalue weighted by molar-refractivity contribution is 9.09. The van der Waals surface area contributed by atoms with Gasteiger partial charge >= 0.3 is 5.97 Å². The van der Waals surface area contributed by atoms with E-state index >= 15 is 0 Å². The average molecular weight is 818 g/mol. The molecule has 0 radical (unpaired) electrons. The van der Waals surface area contributed by atoms with Gasteiger partial charge in [-0.2, -0.15) is 0 Å². The highest BCUT2D eigenvalue weighted by atomic mass is 79.9. The van der Waals surface area contributed by atoms with Crippen molar-refractivity contribution in [2.24, 2.45) is 17.8 Å². The maximum absolute atomic E-state index is 15.0. The molecule has 10 atom stereocenters. The van der Waals surface area contributed by atoms with Crippen LogP contribution < -0.4 is 5.32 Å². The highest BCUT2D eigenvalue weighted by Gasteiger charge is 2.77. The van der Waals surface area contributed by atoms with Gasteiger partial charge in [0.05, 0.1) is 56.5 Å². The lowest BCUT2D eigenvalue weighted by Gasteiger charge is -2.41. The minimum absolute atomic E-state index is 0.0473. The molecular weight excluding hydrogens is 760 g/mol. The normalized spacial score (nSPS) is 28.5. The van der Waals surface area contributed by atoms with E-state index in [9.17, 15) is 24.3 Å². The highest BCUT2D eigenvalue weighted by Crippen LogP contribution is 2.61. The Balaban J connectivity index is 1.51. The Labute approximate surface area is 327 Å². The van der Waals surface area contributed by atoms with E-state index in [4.69, 9.17) is 18.9 Å². The van der Waals surface area contributed by atoms with Crippen molar-refractivity contribution in [1.82, 2.24) is 20.0 Å². The van der Waals surface area contributed by atoms with Crippen molar-refractivity contribution in [2.75, 3.05) is 66.3 Å². The van der Waals surface area contributed by atoms with Gasteiger partial charge in [0, 0.05) is 51.1 Å². The molecule has 0 aromatic heterocycles. The quantitative estimate of drug-likeness (QED) is 0.115. The van der Waals surface area contributed by atoms with Crippen molar-refractivity contribution in [2.45, 2.75) is 80.3 Å². The number of benzene rings is 1. The Morgan fingerprint density at radius 2 is 1.91 bits per heavy atom. The first-order valence-corrected chi connectivity index (χ1v) is 20.1. The van der Waals surface area contributed by atoms with E-state index in [2.05, 4.69) is 39.3 Å². The molecule has 4 saturated heterocycles. The number of morpholine rings is 1. The fraction of sp³-hybridized carbons (Fsp3) is 0.650. The van der Waals surface area contributed by atoms with E-state index in [1.165, 1.54) is 12.0 Å². The molecule has 0 aliphatic carbocycles. The summed E-state index contributed by atoms with van der Waals surface area (Å²) in [6.07, 6.45) is 3.23. The van der Waals surface area contributed by atoms with E-state index in [1.54, 1.807) is 17.1 Å². The molecule has 1 aromatic carbocycles. The number of carbonyl (C=O) groups is 4. The summed E-state index contributed by atoms with van der Waals surface area (Å²) in [7, 11) is 1.50. The smallest absolute Gasteiger partial charge is 0.313 e. The maximum atomic E-state index is 15.0. The summed E-state index contributed by atoms with van der Waals surface area (Å²) in [5.74, 6) is -3.91. The third-order valence-corrected chi connectivity index (χ3v) is 12.4. The molecule has 2 bridgehead atoms. The summed E-state index contributed by atoms with van der Waals surface area (Å²) >= 11 is 3.76. The number of aliphatic hydroxyl groups excluding tert-OH is 1. The summed E-state index contributed by atoms with van der Waals surface area (Å²) in [5, 5.41) is 13.8. The Morgan fingerprint density at radius 1 is 1.19 bits per heavy atom. The fourth-order valence-corrected chi connectivity index (χ4v) is 9.56. The third kappa shape index (κ3) is 8.63. The number of nitrogens with zero attached hydrogens (tertiary/aromatic N) is 3. The zero-order valence-corrected chi connectivity index (χ0v) is 33.4. The summed E-state index contributed by atoms with van der Waals surface area (Å²) in [5.41, 5.74) is -0.723. The summed E-state index contributed by atoms with van der Waals surface area (Å²) in [4.78, 5) is 62.7. The zero-order valence-electron chi connectivity index (χ0n) is 31.8. The van der Waals surface area contributed by atoms with Gasteiger partial charge in [-0.3, -0.25) is 24.1 Å². The molecule has 1 spiro atoms. The monoisotopic (exact) mass is 816 g/mol. The number of aliphatic hydroxyl groups is 1. The van der Waals surface area contributed by atoms with Crippen LogP contribution in [0.5, 0.6) is 0 Å². The number of halogens is 1. The van der Waals surface area contributed by atoms with Gasteiger partial charge in [0.1, 0.15) is 17.7 Å². The molecule has 54 heavy (non-hydrogen) atoms. The third-order valence-electron chi connectivity index (χ3n) is 11.5. The first-order valence-electron chi connectivity index (χ1n) is 19.2. The van der Waals surface area contributed by atoms with Crippen LogP contribution in [0.3, 0.4) is 0 Å². The number of hydrogen-bond donors (Lipinski definition) is 2. The minimum Gasteiger partial charge on any atom is -0.455 e. The number of hydrogen-bond acceptors (Lipinski definition) is 10. The van der Waals surface area contributed by atoms with Crippen LogP contribution in [0.4, 0.5) is 0 Å². The van der Waals surface area contributed by atoms with Crippen molar-refractivity contribution in [3.63, 3.8) is 0 Å². The molecule has 5 rings (SSSR count). The molecule has 4 aliphatic rings. The number of allylic oxidation sites excluding steroid dienone is 1. The molecule has 0 saturated carbocycles. The van der Waals surface area contributed by atoms with Crippen LogP contribution in [-0.2, 0) is 38.1 Å². The number of carbonyl (C=O) groups excluding carboxylic acids is 4. The van der Waals surface area contributed by atoms with E-state index < -0.39 is 59.6 Å². The van der Waals surface area contributed by atoms with Crippen molar-refractivity contribution >= 4 is 39.6 Å². The van der Waals surface area contributed by atoms with Gasteiger partial charge < -0.3 is 39.2 Å². The van der Waals surface area contributed by atoms with E-state index in [0.29, 0.717) is 51.1 Å². The zero-order chi connectivity index (χ0) is 39.0. The molecule has 14 heteroatoms. The second-order valence-electron chi connectivity index (χ2n) is 14.8. The van der Waals surface area contributed by atoms with Gasteiger partial charge in [0.25, 0.3) is 0 Å². The van der Waals surface area contributed by atoms with Crippen molar-refractivity contribution < 1.29 is 43.2 Å².